The van der Waals surface area contributed by atoms with Crippen LogP contribution in [-0.4, -0.2) is 15.6 Å². The Kier molecular flexibility index (Phi) is 4.47. The molecule has 0 aliphatic rings. The summed E-state index contributed by atoms with van der Waals surface area (Å²) in [5, 5.41) is 9.42. The average molecular weight is 323 g/mol. The lowest BCUT2D eigenvalue weighted by Crippen LogP contribution is -2.12. The molecule has 3 rings (SSSR count). The van der Waals surface area contributed by atoms with Crippen LogP contribution in [0, 0.1) is 12.7 Å². The molecular formula is C20H18FNO2. The molecule has 0 fully saturated rings. The lowest BCUT2D eigenvalue weighted by molar-refractivity contribution is 0.0685. The molecule has 0 saturated heterocycles. The third kappa shape index (κ3) is 3.54. The van der Waals surface area contributed by atoms with Gasteiger partial charge in [0.1, 0.15) is 11.5 Å². The molecule has 1 N–H and O–H groups in total. The van der Waals surface area contributed by atoms with E-state index in [0.29, 0.717) is 13.0 Å². The lowest BCUT2D eigenvalue weighted by atomic mass is 10.1. The Bertz CT molecular complexity index is 848. The molecule has 4 heteroatoms. The molecule has 1 aromatic heterocycles. The highest BCUT2D eigenvalue weighted by molar-refractivity contribution is 5.86. The highest BCUT2D eigenvalue weighted by Crippen LogP contribution is 2.17. The molecule has 0 saturated carbocycles. The summed E-state index contributed by atoms with van der Waals surface area (Å²) < 4.78 is 14.8. The summed E-state index contributed by atoms with van der Waals surface area (Å²) in [5.41, 5.74) is 4.32. The highest BCUT2D eigenvalue weighted by Gasteiger charge is 2.14. The van der Waals surface area contributed by atoms with Crippen LogP contribution < -0.4 is 0 Å². The predicted octanol–water partition coefficient (Wildman–Crippen LogP) is 4.27. The average Bonchev–Trinajstić information content (AvgIpc) is 2.94. The second-order valence-corrected chi connectivity index (χ2v) is 5.89. The van der Waals surface area contributed by atoms with Crippen molar-refractivity contribution in [2.45, 2.75) is 19.9 Å². The van der Waals surface area contributed by atoms with Crippen LogP contribution in [0.15, 0.2) is 60.7 Å². The topological polar surface area (TPSA) is 42.2 Å². The number of aromatic carboxylic acids is 1. The van der Waals surface area contributed by atoms with Gasteiger partial charge in [0.05, 0.1) is 0 Å². The van der Waals surface area contributed by atoms with Crippen molar-refractivity contribution in [3.63, 3.8) is 0 Å². The van der Waals surface area contributed by atoms with Gasteiger partial charge in [0.2, 0.25) is 0 Å². The summed E-state index contributed by atoms with van der Waals surface area (Å²) in [6, 6.07) is 17.8. The predicted molar refractivity (Wildman–Crippen MR) is 90.9 cm³/mol. The Hall–Kier alpha value is -2.88. The Labute approximate surface area is 140 Å². The number of halogens is 1. The van der Waals surface area contributed by atoms with Crippen LogP contribution in [0.1, 0.15) is 32.9 Å². The van der Waals surface area contributed by atoms with E-state index in [-0.39, 0.29) is 11.5 Å². The van der Waals surface area contributed by atoms with Gasteiger partial charge in [0, 0.05) is 18.7 Å². The van der Waals surface area contributed by atoms with E-state index in [2.05, 4.69) is 0 Å². The molecule has 0 aliphatic carbocycles. The van der Waals surface area contributed by atoms with Crippen molar-refractivity contribution in [1.29, 1.82) is 0 Å². The fraction of sp³-hybridized carbons (Fsp3) is 0.150. The standard InChI is InChI=1S/C20H18FNO2/c1-14-2-4-15(5-3-14)12-18-10-11-19(20(23)24)22(18)13-16-6-8-17(21)9-7-16/h2-11H,12-13H2,1H3,(H,23,24). The number of carbonyl (C=O) groups is 1. The molecule has 0 aliphatic heterocycles. The number of hydrogen-bond acceptors (Lipinski definition) is 1. The normalized spacial score (nSPS) is 10.8. The van der Waals surface area contributed by atoms with Crippen molar-refractivity contribution in [3.05, 3.63) is 94.6 Å². The summed E-state index contributed by atoms with van der Waals surface area (Å²) in [6.45, 7) is 2.43. The van der Waals surface area contributed by atoms with E-state index >= 15 is 0 Å². The number of hydrogen-bond donors (Lipinski definition) is 1. The van der Waals surface area contributed by atoms with E-state index in [4.69, 9.17) is 0 Å². The number of carboxylic acid groups (broad SMARTS) is 1. The minimum absolute atomic E-state index is 0.237. The molecule has 2 aromatic carbocycles. The smallest absolute Gasteiger partial charge is 0.352 e. The van der Waals surface area contributed by atoms with Crippen molar-refractivity contribution in [3.8, 4) is 0 Å². The number of nitrogens with zero attached hydrogens (tertiary/aromatic N) is 1. The van der Waals surface area contributed by atoms with Crippen molar-refractivity contribution in [2.24, 2.45) is 0 Å². The minimum atomic E-state index is -0.965. The van der Waals surface area contributed by atoms with E-state index in [1.165, 1.54) is 17.7 Å². The Morgan fingerprint density at radius 2 is 1.58 bits per heavy atom. The van der Waals surface area contributed by atoms with Crippen LogP contribution in [0.25, 0.3) is 0 Å². The number of benzene rings is 2. The zero-order chi connectivity index (χ0) is 17.1. The molecule has 0 radical (unpaired) electrons. The highest BCUT2D eigenvalue weighted by atomic mass is 19.1. The fourth-order valence-electron chi connectivity index (χ4n) is 2.73. The van der Waals surface area contributed by atoms with E-state index in [1.54, 1.807) is 22.8 Å². The molecule has 0 spiro atoms. The number of aromatic nitrogens is 1. The van der Waals surface area contributed by atoms with E-state index < -0.39 is 5.97 Å². The van der Waals surface area contributed by atoms with Crippen molar-refractivity contribution >= 4 is 5.97 Å². The Balaban J connectivity index is 1.93. The van der Waals surface area contributed by atoms with Crippen LogP contribution >= 0.6 is 0 Å². The van der Waals surface area contributed by atoms with Gasteiger partial charge in [0.15, 0.2) is 0 Å². The second kappa shape index (κ2) is 6.71. The number of carboxylic acids is 1. The van der Waals surface area contributed by atoms with Crippen LogP contribution in [0.3, 0.4) is 0 Å². The first kappa shape index (κ1) is 16.0. The molecule has 1 heterocycles. The van der Waals surface area contributed by atoms with Crippen molar-refractivity contribution in [1.82, 2.24) is 4.57 Å². The minimum Gasteiger partial charge on any atom is -0.477 e. The summed E-state index contributed by atoms with van der Waals surface area (Å²) in [7, 11) is 0. The van der Waals surface area contributed by atoms with E-state index in [9.17, 15) is 14.3 Å². The van der Waals surface area contributed by atoms with Gasteiger partial charge in [-0.05, 0) is 42.3 Å². The number of aryl methyl sites for hydroxylation is 1. The molecule has 0 unspecified atom stereocenters. The zero-order valence-electron chi connectivity index (χ0n) is 13.4. The molecule has 122 valence electrons. The Morgan fingerprint density at radius 1 is 0.958 bits per heavy atom. The van der Waals surface area contributed by atoms with Crippen molar-refractivity contribution < 1.29 is 14.3 Å². The first-order valence-corrected chi connectivity index (χ1v) is 7.74. The fourth-order valence-corrected chi connectivity index (χ4v) is 2.73. The van der Waals surface area contributed by atoms with Gasteiger partial charge >= 0.3 is 5.97 Å². The van der Waals surface area contributed by atoms with Gasteiger partial charge in [-0.15, -0.1) is 0 Å². The quantitative estimate of drug-likeness (QED) is 0.762. The van der Waals surface area contributed by atoms with Crippen LogP contribution in [-0.2, 0) is 13.0 Å². The van der Waals surface area contributed by atoms with Crippen molar-refractivity contribution in [2.75, 3.05) is 0 Å². The van der Waals surface area contributed by atoms with E-state index in [0.717, 1.165) is 16.8 Å². The van der Waals surface area contributed by atoms with Gasteiger partial charge < -0.3 is 9.67 Å². The molecule has 0 atom stereocenters. The van der Waals surface area contributed by atoms with Gasteiger partial charge in [-0.3, -0.25) is 0 Å². The molecule has 0 amide bonds. The largest absolute Gasteiger partial charge is 0.477 e. The first-order chi connectivity index (χ1) is 11.5. The molecule has 24 heavy (non-hydrogen) atoms. The molecular weight excluding hydrogens is 305 g/mol. The zero-order valence-corrected chi connectivity index (χ0v) is 13.4. The molecule has 0 bridgehead atoms. The maximum atomic E-state index is 13.1. The van der Waals surface area contributed by atoms with Gasteiger partial charge in [-0.2, -0.15) is 0 Å². The maximum absolute atomic E-state index is 13.1. The first-order valence-electron chi connectivity index (χ1n) is 7.74. The summed E-state index contributed by atoms with van der Waals surface area (Å²) in [5.74, 6) is -1.27. The SMILES string of the molecule is Cc1ccc(Cc2ccc(C(=O)O)n2Cc2ccc(F)cc2)cc1. The number of rotatable bonds is 5. The van der Waals surface area contributed by atoms with Crippen LogP contribution in [0.2, 0.25) is 0 Å². The van der Waals surface area contributed by atoms with Gasteiger partial charge in [-0.25, -0.2) is 9.18 Å². The van der Waals surface area contributed by atoms with Crippen LogP contribution in [0.4, 0.5) is 4.39 Å². The third-order valence-electron chi connectivity index (χ3n) is 4.05. The second-order valence-electron chi connectivity index (χ2n) is 5.89. The van der Waals surface area contributed by atoms with Crippen LogP contribution in [0.5, 0.6) is 0 Å². The Morgan fingerprint density at radius 3 is 2.21 bits per heavy atom. The maximum Gasteiger partial charge on any atom is 0.352 e. The monoisotopic (exact) mass is 323 g/mol. The third-order valence-corrected chi connectivity index (χ3v) is 4.05. The van der Waals surface area contributed by atoms with E-state index in [1.807, 2.05) is 37.3 Å². The summed E-state index contributed by atoms with van der Waals surface area (Å²) in [4.78, 5) is 11.5. The van der Waals surface area contributed by atoms with Gasteiger partial charge in [0.25, 0.3) is 0 Å². The van der Waals surface area contributed by atoms with Gasteiger partial charge in [-0.1, -0.05) is 42.0 Å². The summed E-state index contributed by atoms with van der Waals surface area (Å²) >= 11 is 0. The molecule has 3 nitrogen and oxygen atoms in total. The summed E-state index contributed by atoms with van der Waals surface area (Å²) in [6.07, 6.45) is 0.648. The molecule has 3 aromatic rings. The lowest BCUT2D eigenvalue weighted by Gasteiger charge is -2.12.